The summed E-state index contributed by atoms with van der Waals surface area (Å²) >= 11 is 0. The summed E-state index contributed by atoms with van der Waals surface area (Å²) in [5.41, 5.74) is 4.86. The molecule has 1 fully saturated rings. The molecule has 232 valence electrons. The van der Waals surface area contributed by atoms with Crippen LogP contribution in [-0.2, 0) is 11.0 Å². The lowest BCUT2D eigenvalue weighted by Gasteiger charge is -2.36. The minimum atomic E-state index is -4.64. The summed E-state index contributed by atoms with van der Waals surface area (Å²) in [5.74, 6) is -1.72. The summed E-state index contributed by atoms with van der Waals surface area (Å²) in [7, 11) is 1.28. The zero-order valence-electron chi connectivity index (χ0n) is 24.5. The Balaban J connectivity index is 1.53. The van der Waals surface area contributed by atoms with Crippen LogP contribution in [0.4, 0.5) is 29.2 Å². The van der Waals surface area contributed by atoms with Crippen LogP contribution in [0.3, 0.4) is 0 Å². The number of nitrogen functional groups attached to an aromatic ring is 1. The van der Waals surface area contributed by atoms with Gasteiger partial charge in [0, 0.05) is 48.6 Å². The molecule has 0 radical (unpaired) electrons. The number of methoxy groups -OCH3 is 1. The molecule has 3 N–H and O–H groups in total. The number of nitrogens with two attached hydrogens (primary N) is 1. The monoisotopic (exact) mass is 613 g/mol. The normalized spacial score (nSPS) is 15.8. The number of hydrogen-bond donors (Lipinski definition) is 2. The second-order valence-corrected chi connectivity index (χ2v) is 11.6. The van der Waals surface area contributed by atoms with E-state index in [0.717, 1.165) is 31.2 Å². The van der Waals surface area contributed by atoms with Crippen LogP contribution < -0.4 is 15.8 Å². The lowest BCUT2D eigenvalue weighted by Crippen LogP contribution is -2.44. The van der Waals surface area contributed by atoms with Crippen LogP contribution >= 0.6 is 0 Å². The second-order valence-electron chi connectivity index (χ2n) is 11.6. The molecule has 5 rings (SSSR count). The van der Waals surface area contributed by atoms with E-state index in [1.165, 1.54) is 19.4 Å². The number of carbonyl (C=O) groups excluding carboxylic acids is 2. The number of likely N-dealkylation sites (tertiary alicyclic amines) is 1. The Bertz CT molecular complexity index is 1750. The Morgan fingerprint density at radius 2 is 1.86 bits per heavy atom. The number of aromatic nitrogens is 4. The van der Waals surface area contributed by atoms with Crippen molar-refractivity contribution in [3.05, 3.63) is 65.6 Å². The number of hydrogen-bond acceptors (Lipinski definition) is 7. The molecule has 1 aliphatic rings. The van der Waals surface area contributed by atoms with E-state index in [4.69, 9.17) is 15.5 Å². The van der Waals surface area contributed by atoms with Crippen LogP contribution in [0.25, 0.3) is 16.8 Å². The van der Waals surface area contributed by atoms with Crippen LogP contribution in [0.5, 0.6) is 5.75 Å². The van der Waals surface area contributed by atoms with E-state index in [1.807, 2.05) is 25.7 Å². The number of pyridine rings is 1. The van der Waals surface area contributed by atoms with Gasteiger partial charge in [-0.25, -0.2) is 19.3 Å². The number of nitrogens with one attached hydrogen (secondary N) is 1. The van der Waals surface area contributed by atoms with E-state index in [1.54, 1.807) is 10.6 Å². The number of fused-ring (bicyclic) bond motifs is 1. The largest absolute Gasteiger partial charge is 0.496 e. The maximum Gasteiger partial charge on any atom is 0.416 e. The average molecular weight is 614 g/mol. The van der Waals surface area contributed by atoms with Crippen molar-refractivity contribution in [3.8, 4) is 17.0 Å². The third kappa shape index (κ3) is 5.88. The molecule has 1 aliphatic heterocycles. The van der Waals surface area contributed by atoms with Crippen LogP contribution in [0.1, 0.15) is 61.3 Å². The van der Waals surface area contributed by atoms with Gasteiger partial charge in [-0.3, -0.25) is 14.0 Å². The van der Waals surface area contributed by atoms with Gasteiger partial charge >= 0.3 is 6.18 Å². The van der Waals surface area contributed by atoms with Gasteiger partial charge in [-0.15, -0.1) is 0 Å². The van der Waals surface area contributed by atoms with E-state index in [-0.39, 0.29) is 46.0 Å². The standard InChI is InChI=1S/C30H31F4N7O3/c1-29(2,3)28(43)40-10-5-6-16(15-40)26-39-23(24-25(35)37-9-11-41(24)26)22-19(31)12-17(13-20(22)44-4)27(42)38-21-14-18(7-8-36-21)30(32,33)34/h7-9,11-14,16H,5-6,10,15H2,1-4H3,(H2,35,37)(H,36,38,42). The van der Waals surface area contributed by atoms with Crippen molar-refractivity contribution in [1.82, 2.24) is 24.3 Å². The number of anilines is 2. The van der Waals surface area contributed by atoms with Gasteiger partial charge in [-0.1, -0.05) is 20.8 Å². The summed E-state index contributed by atoms with van der Waals surface area (Å²) in [6, 6.07) is 3.63. The van der Waals surface area contributed by atoms with Gasteiger partial charge < -0.3 is 20.7 Å². The first-order valence-electron chi connectivity index (χ1n) is 13.8. The molecule has 0 bridgehead atoms. The highest BCUT2D eigenvalue weighted by molar-refractivity contribution is 6.05. The molecule has 4 heterocycles. The average Bonchev–Trinajstić information content (AvgIpc) is 3.36. The van der Waals surface area contributed by atoms with Crippen molar-refractivity contribution in [2.24, 2.45) is 5.41 Å². The number of alkyl halides is 3. The molecule has 10 nitrogen and oxygen atoms in total. The fourth-order valence-electron chi connectivity index (χ4n) is 5.36. The molecule has 0 aliphatic carbocycles. The van der Waals surface area contributed by atoms with Gasteiger partial charge in [-0.2, -0.15) is 13.2 Å². The summed E-state index contributed by atoms with van der Waals surface area (Å²) in [6.45, 7) is 6.63. The molecule has 1 atom stereocenters. The molecule has 0 spiro atoms. The molecule has 1 saturated heterocycles. The molecular formula is C30H31F4N7O3. The highest BCUT2D eigenvalue weighted by atomic mass is 19.4. The van der Waals surface area contributed by atoms with Crippen molar-refractivity contribution >= 4 is 29.0 Å². The molecule has 14 heteroatoms. The molecule has 2 amide bonds. The Morgan fingerprint density at radius 1 is 1.11 bits per heavy atom. The van der Waals surface area contributed by atoms with Crippen LogP contribution in [0.15, 0.2) is 42.9 Å². The number of imidazole rings is 1. The van der Waals surface area contributed by atoms with Crippen LogP contribution in [0.2, 0.25) is 0 Å². The Morgan fingerprint density at radius 3 is 2.55 bits per heavy atom. The number of halogens is 4. The van der Waals surface area contributed by atoms with Crippen molar-refractivity contribution in [2.75, 3.05) is 31.2 Å². The fraction of sp³-hybridized carbons (Fsp3) is 0.367. The van der Waals surface area contributed by atoms with Gasteiger partial charge in [0.1, 0.15) is 40.2 Å². The first-order valence-corrected chi connectivity index (χ1v) is 13.8. The number of rotatable bonds is 5. The summed E-state index contributed by atoms with van der Waals surface area (Å²) in [6.07, 6.45) is 0.918. The van der Waals surface area contributed by atoms with E-state index in [9.17, 15) is 22.8 Å². The number of amides is 2. The number of piperidine rings is 1. The van der Waals surface area contributed by atoms with E-state index in [2.05, 4.69) is 15.3 Å². The van der Waals surface area contributed by atoms with E-state index in [0.29, 0.717) is 30.5 Å². The topological polar surface area (TPSA) is 128 Å². The van der Waals surface area contributed by atoms with Gasteiger partial charge in [0.25, 0.3) is 5.91 Å². The third-order valence-electron chi connectivity index (χ3n) is 7.43. The van der Waals surface area contributed by atoms with Crippen molar-refractivity contribution in [3.63, 3.8) is 0 Å². The van der Waals surface area contributed by atoms with Crippen LogP contribution in [0, 0.1) is 11.2 Å². The predicted octanol–water partition coefficient (Wildman–Crippen LogP) is 5.54. The number of carbonyl (C=O) groups is 2. The molecule has 0 saturated carbocycles. The molecule has 1 aromatic carbocycles. The second kappa shape index (κ2) is 11.4. The zero-order valence-corrected chi connectivity index (χ0v) is 24.5. The Kier molecular flexibility index (Phi) is 7.95. The molecule has 4 aromatic rings. The number of nitrogens with zero attached hydrogens (tertiary/aromatic N) is 5. The summed E-state index contributed by atoms with van der Waals surface area (Å²) in [4.78, 5) is 40.5. The fourth-order valence-corrected chi connectivity index (χ4v) is 5.36. The van der Waals surface area contributed by atoms with Gasteiger partial charge in [0.2, 0.25) is 5.91 Å². The highest BCUT2D eigenvalue weighted by Crippen LogP contribution is 2.40. The molecular weight excluding hydrogens is 582 g/mol. The summed E-state index contributed by atoms with van der Waals surface area (Å²) in [5, 5.41) is 2.26. The Labute approximate surface area is 250 Å². The minimum Gasteiger partial charge on any atom is -0.496 e. The van der Waals surface area contributed by atoms with Crippen molar-refractivity contribution in [1.29, 1.82) is 0 Å². The minimum absolute atomic E-state index is 0.0198. The Hall–Kier alpha value is -4.75. The number of ether oxygens (including phenoxy) is 1. The smallest absolute Gasteiger partial charge is 0.416 e. The van der Waals surface area contributed by atoms with E-state index < -0.39 is 28.9 Å². The van der Waals surface area contributed by atoms with E-state index >= 15 is 4.39 Å². The van der Waals surface area contributed by atoms with Gasteiger partial charge in [0.05, 0.1) is 18.2 Å². The van der Waals surface area contributed by atoms with Crippen LogP contribution in [-0.4, -0.2) is 56.3 Å². The first-order chi connectivity index (χ1) is 20.7. The predicted molar refractivity (Wildman–Crippen MR) is 155 cm³/mol. The quantitative estimate of drug-likeness (QED) is 0.283. The maximum atomic E-state index is 15.9. The third-order valence-corrected chi connectivity index (χ3v) is 7.43. The van der Waals surface area contributed by atoms with Gasteiger partial charge in [-0.05, 0) is 37.1 Å². The summed E-state index contributed by atoms with van der Waals surface area (Å²) < 4.78 is 62.4. The first kappa shape index (κ1) is 30.7. The van der Waals surface area contributed by atoms with Crippen molar-refractivity contribution in [2.45, 2.75) is 45.7 Å². The highest BCUT2D eigenvalue weighted by Gasteiger charge is 2.35. The lowest BCUT2D eigenvalue weighted by atomic mass is 9.91. The SMILES string of the molecule is COc1cc(C(=O)Nc2cc(C(F)(F)F)ccn2)cc(F)c1-c1nc(C2CCCN(C(=O)C(C)(C)C)C2)n2ccnc(N)c12. The molecule has 44 heavy (non-hydrogen) atoms. The maximum absolute atomic E-state index is 15.9. The molecule has 1 unspecified atom stereocenters. The lowest BCUT2D eigenvalue weighted by molar-refractivity contribution is -0.140. The zero-order chi connectivity index (χ0) is 32.0. The number of benzene rings is 1. The molecule has 3 aromatic heterocycles. The van der Waals surface area contributed by atoms with Crippen molar-refractivity contribution < 1.29 is 31.9 Å². The van der Waals surface area contributed by atoms with Gasteiger partial charge in [0.15, 0.2) is 0 Å².